The maximum absolute atomic E-state index is 3.95. The first-order valence-electron chi connectivity index (χ1n) is 9.38. The second-order valence-corrected chi connectivity index (χ2v) is 6.36. The van der Waals surface area contributed by atoms with E-state index in [0.717, 1.165) is 17.0 Å². The van der Waals surface area contributed by atoms with Gasteiger partial charge in [0.05, 0.1) is 17.6 Å². The van der Waals surface area contributed by atoms with Crippen molar-refractivity contribution in [2.24, 2.45) is 0 Å². The summed E-state index contributed by atoms with van der Waals surface area (Å²) in [5.41, 5.74) is 6.97. The number of fused-ring (bicyclic) bond motifs is 1. The zero-order chi connectivity index (χ0) is 19.5. The van der Waals surface area contributed by atoms with Crippen molar-refractivity contribution in [3.05, 3.63) is 84.9 Å². The minimum absolute atomic E-state index is 0.870. The highest BCUT2D eigenvalue weighted by Gasteiger charge is 2.08. The number of aromatic nitrogens is 2. The highest BCUT2D eigenvalue weighted by atomic mass is 15.1. The fraction of sp³-hybridized carbons (Fsp3) is 0.261. The largest absolute Gasteiger partial charge is 0.388 e. The molecule has 0 fully saturated rings. The van der Waals surface area contributed by atoms with Crippen molar-refractivity contribution in [3.63, 3.8) is 0 Å². The van der Waals surface area contributed by atoms with Crippen LogP contribution in [-0.4, -0.2) is 17.2 Å². The van der Waals surface area contributed by atoms with E-state index in [2.05, 4.69) is 52.2 Å². The van der Waals surface area contributed by atoms with Crippen molar-refractivity contribution in [1.29, 1.82) is 0 Å². The Kier molecular flexibility index (Phi) is 8.17. The maximum Gasteiger partial charge on any atom is 0.0879 e. The molecule has 1 aliphatic carbocycles. The molecule has 0 unspecified atom stereocenters. The number of hydrogen-bond acceptors (Lipinski definition) is 3. The third kappa shape index (κ3) is 6.03. The van der Waals surface area contributed by atoms with Crippen LogP contribution in [0.5, 0.6) is 0 Å². The summed E-state index contributed by atoms with van der Waals surface area (Å²) < 4.78 is 0. The molecule has 3 N–H and O–H groups in total. The average Bonchev–Trinajstić information content (AvgIpc) is 3.17. The smallest absolute Gasteiger partial charge is 0.0879 e. The van der Waals surface area contributed by atoms with Gasteiger partial charge in [-0.15, -0.1) is 0 Å². The number of allylic oxidation sites excluding steroid dienone is 5. The number of hydrogen-bond donors (Lipinski definition) is 3. The summed E-state index contributed by atoms with van der Waals surface area (Å²) >= 11 is 0. The summed E-state index contributed by atoms with van der Waals surface area (Å²) in [5, 5.41) is 13.0. The normalized spacial score (nSPS) is 13.0. The first-order chi connectivity index (χ1) is 13.2. The SMILES string of the molecule is C=CNc1cn[nH]c1C(=C)/C=C\C=C/C.CNc1ccc2c(c1)CCCC2. The number of H-pyrrole nitrogens is 1. The molecule has 0 spiro atoms. The van der Waals surface area contributed by atoms with E-state index in [9.17, 15) is 0 Å². The Morgan fingerprint density at radius 3 is 2.67 bits per heavy atom. The zero-order valence-electron chi connectivity index (χ0n) is 16.4. The topological polar surface area (TPSA) is 52.7 Å². The van der Waals surface area contributed by atoms with E-state index in [4.69, 9.17) is 0 Å². The van der Waals surface area contributed by atoms with E-state index in [-0.39, 0.29) is 0 Å². The number of aryl methyl sites for hydroxylation is 2. The predicted molar refractivity (Wildman–Crippen MR) is 118 cm³/mol. The lowest BCUT2D eigenvalue weighted by Gasteiger charge is -2.16. The first-order valence-corrected chi connectivity index (χ1v) is 9.38. The Hall–Kier alpha value is -3.01. The molecule has 4 heteroatoms. The van der Waals surface area contributed by atoms with Crippen LogP contribution in [0.15, 0.2) is 68.1 Å². The van der Waals surface area contributed by atoms with Crippen molar-refractivity contribution >= 4 is 16.9 Å². The van der Waals surface area contributed by atoms with Crippen LogP contribution in [0.3, 0.4) is 0 Å². The van der Waals surface area contributed by atoms with Gasteiger partial charge in [-0.3, -0.25) is 5.10 Å². The lowest BCUT2D eigenvalue weighted by molar-refractivity contribution is 0.686. The molecular formula is C23H30N4. The molecule has 1 heterocycles. The van der Waals surface area contributed by atoms with E-state index in [1.54, 1.807) is 23.5 Å². The fourth-order valence-electron chi connectivity index (χ4n) is 3.01. The summed E-state index contributed by atoms with van der Waals surface area (Å²) in [6.45, 7) is 9.51. The average molecular weight is 363 g/mol. The second-order valence-electron chi connectivity index (χ2n) is 6.36. The van der Waals surface area contributed by atoms with Gasteiger partial charge in [0, 0.05) is 12.7 Å². The summed E-state index contributed by atoms with van der Waals surface area (Å²) in [6, 6.07) is 6.72. The van der Waals surface area contributed by atoms with Crippen molar-refractivity contribution < 1.29 is 0 Å². The Morgan fingerprint density at radius 2 is 1.96 bits per heavy atom. The molecule has 0 atom stereocenters. The second kappa shape index (κ2) is 10.9. The minimum Gasteiger partial charge on any atom is -0.388 e. The molecule has 1 aromatic heterocycles. The van der Waals surface area contributed by atoms with Gasteiger partial charge in [0.15, 0.2) is 0 Å². The van der Waals surface area contributed by atoms with Gasteiger partial charge in [0.1, 0.15) is 0 Å². The minimum atomic E-state index is 0.870. The van der Waals surface area contributed by atoms with Crippen LogP contribution in [0.1, 0.15) is 36.6 Å². The number of aromatic amines is 1. The van der Waals surface area contributed by atoms with Crippen molar-refractivity contribution in [2.75, 3.05) is 17.7 Å². The highest BCUT2D eigenvalue weighted by Crippen LogP contribution is 2.23. The molecule has 0 bridgehead atoms. The van der Waals surface area contributed by atoms with Gasteiger partial charge in [-0.2, -0.15) is 5.10 Å². The molecule has 1 aromatic carbocycles. The van der Waals surface area contributed by atoms with Gasteiger partial charge >= 0.3 is 0 Å². The van der Waals surface area contributed by atoms with Crippen LogP contribution in [0.2, 0.25) is 0 Å². The quantitative estimate of drug-likeness (QED) is 0.576. The standard InChI is InChI=1S/C12H15N3.C11H15N/c1-4-6-7-8-10(3)12-11(13-5-2)9-14-15-12;1-12-11-7-6-9-4-2-3-5-10(9)8-11/h4-9,13H,2-3H2,1H3,(H,14,15);6-8,12H,2-5H2,1H3/b6-4-,8-7-;. The molecule has 0 aliphatic heterocycles. The molecule has 0 amide bonds. The predicted octanol–water partition coefficient (Wildman–Crippen LogP) is 5.72. The Balaban J connectivity index is 0.000000198. The molecular weight excluding hydrogens is 332 g/mol. The first kappa shape index (κ1) is 20.3. The van der Waals surface area contributed by atoms with Crippen LogP contribution in [0.4, 0.5) is 11.4 Å². The van der Waals surface area contributed by atoms with E-state index in [0.29, 0.717) is 0 Å². The van der Waals surface area contributed by atoms with Gasteiger partial charge in [-0.1, -0.05) is 43.5 Å². The number of rotatable bonds is 6. The number of benzene rings is 1. The van der Waals surface area contributed by atoms with Crippen LogP contribution < -0.4 is 10.6 Å². The van der Waals surface area contributed by atoms with Gasteiger partial charge in [-0.25, -0.2) is 0 Å². The summed E-state index contributed by atoms with van der Waals surface area (Å²) in [5.74, 6) is 0. The monoisotopic (exact) mass is 362 g/mol. The van der Waals surface area contributed by atoms with Gasteiger partial charge in [0.25, 0.3) is 0 Å². The molecule has 0 radical (unpaired) electrons. The molecule has 27 heavy (non-hydrogen) atoms. The molecule has 4 nitrogen and oxygen atoms in total. The number of nitrogens with one attached hydrogen (secondary N) is 3. The summed E-state index contributed by atoms with van der Waals surface area (Å²) in [4.78, 5) is 0. The molecule has 142 valence electrons. The maximum atomic E-state index is 3.95. The van der Waals surface area contributed by atoms with Gasteiger partial charge in [-0.05, 0) is 67.6 Å². The molecule has 1 aliphatic rings. The number of nitrogens with zero attached hydrogens (tertiary/aromatic N) is 1. The lowest BCUT2D eigenvalue weighted by Crippen LogP contribution is -2.02. The van der Waals surface area contributed by atoms with Gasteiger partial charge in [0.2, 0.25) is 0 Å². The fourth-order valence-corrected chi connectivity index (χ4v) is 3.01. The third-order valence-corrected chi connectivity index (χ3v) is 4.46. The number of anilines is 2. The molecule has 0 saturated carbocycles. The molecule has 3 rings (SSSR count). The van der Waals surface area contributed by atoms with Crippen molar-refractivity contribution in [1.82, 2.24) is 10.2 Å². The summed E-state index contributed by atoms with van der Waals surface area (Å²) in [7, 11) is 1.98. The lowest BCUT2D eigenvalue weighted by atomic mass is 9.91. The Labute approximate surface area is 162 Å². The Morgan fingerprint density at radius 1 is 1.19 bits per heavy atom. The summed E-state index contributed by atoms with van der Waals surface area (Å²) in [6.07, 6.45) is 16.3. The van der Waals surface area contributed by atoms with Crippen molar-refractivity contribution in [2.45, 2.75) is 32.6 Å². The van der Waals surface area contributed by atoms with Gasteiger partial charge < -0.3 is 10.6 Å². The highest BCUT2D eigenvalue weighted by molar-refractivity contribution is 5.78. The van der Waals surface area contributed by atoms with Crippen LogP contribution in [0, 0.1) is 0 Å². The Bertz CT molecular complexity index is 812. The van der Waals surface area contributed by atoms with Crippen LogP contribution in [0.25, 0.3) is 5.57 Å². The van der Waals surface area contributed by atoms with E-state index in [1.807, 2.05) is 38.3 Å². The van der Waals surface area contributed by atoms with Crippen LogP contribution in [-0.2, 0) is 12.8 Å². The van der Waals surface area contributed by atoms with Crippen LogP contribution >= 0.6 is 0 Å². The van der Waals surface area contributed by atoms with E-state index < -0.39 is 0 Å². The van der Waals surface area contributed by atoms with E-state index in [1.165, 1.54) is 31.4 Å². The molecule has 0 saturated heterocycles. The third-order valence-electron chi connectivity index (χ3n) is 4.46. The zero-order valence-corrected chi connectivity index (χ0v) is 16.4. The van der Waals surface area contributed by atoms with E-state index >= 15 is 0 Å². The van der Waals surface area contributed by atoms with Crippen molar-refractivity contribution in [3.8, 4) is 0 Å². The molecule has 2 aromatic rings.